The number of carbonyl (C=O) groups excluding carboxylic acids is 2. The van der Waals surface area contributed by atoms with Crippen LogP contribution in [0.2, 0.25) is 0 Å². The summed E-state index contributed by atoms with van der Waals surface area (Å²) in [4.78, 5) is 23.8. The van der Waals surface area contributed by atoms with Crippen LogP contribution in [0.5, 0.6) is 5.75 Å². The second-order valence-corrected chi connectivity index (χ2v) is 4.70. The van der Waals surface area contributed by atoms with E-state index >= 15 is 0 Å². The molecular formula is C17H13ClO3. The minimum Gasteiger partial charge on any atom is -0.497 e. The number of allylic oxidation sites excluding steroid dienone is 1. The van der Waals surface area contributed by atoms with Gasteiger partial charge in [-0.1, -0.05) is 24.8 Å². The molecule has 0 bridgehead atoms. The summed E-state index contributed by atoms with van der Waals surface area (Å²) in [5.74, 6) is 0.400. The van der Waals surface area contributed by atoms with Gasteiger partial charge < -0.3 is 4.74 Å². The minimum atomic E-state index is -0.616. The molecule has 0 aliphatic heterocycles. The van der Waals surface area contributed by atoms with Gasteiger partial charge in [0.2, 0.25) is 0 Å². The summed E-state index contributed by atoms with van der Waals surface area (Å²) >= 11 is 5.53. The van der Waals surface area contributed by atoms with Crippen molar-refractivity contribution in [3.8, 4) is 5.75 Å². The van der Waals surface area contributed by atoms with Crippen LogP contribution >= 0.6 is 11.6 Å². The van der Waals surface area contributed by atoms with Gasteiger partial charge >= 0.3 is 0 Å². The van der Waals surface area contributed by atoms with Crippen LogP contribution in [0.25, 0.3) is 5.57 Å². The fraction of sp³-hybridized carbons (Fsp3) is 0.0588. The molecule has 2 aromatic rings. The van der Waals surface area contributed by atoms with Gasteiger partial charge in [0.25, 0.3) is 5.24 Å². The Morgan fingerprint density at radius 1 is 1.00 bits per heavy atom. The van der Waals surface area contributed by atoms with Crippen LogP contribution in [0.4, 0.5) is 0 Å². The van der Waals surface area contributed by atoms with E-state index in [0.717, 1.165) is 0 Å². The van der Waals surface area contributed by atoms with Crippen molar-refractivity contribution in [2.45, 2.75) is 0 Å². The highest BCUT2D eigenvalue weighted by Gasteiger charge is 2.17. The van der Waals surface area contributed by atoms with Crippen LogP contribution in [0.3, 0.4) is 0 Å². The zero-order chi connectivity index (χ0) is 15.4. The van der Waals surface area contributed by atoms with Crippen molar-refractivity contribution in [3.05, 3.63) is 71.8 Å². The average molecular weight is 301 g/mol. The molecule has 0 spiro atoms. The molecule has 0 atom stereocenters. The van der Waals surface area contributed by atoms with E-state index in [-0.39, 0.29) is 16.9 Å². The highest BCUT2D eigenvalue weighted by molar-refractivity contribution is 6.68. The molecule has 0 unspecified atom stereocenters. The van der Waals surface area contributed by atoms with Gasteiger partial charge in [-0.3, -0.25) is 9.59 Å². The van der Waals surface area contributed by atoms with E-state index in [0.29, 0.717) is 16.9 Å². The Balaban J connectivity index is 2.35. The maximum atomic E-state index is 12.4. The molecule has 0 amide bonds. The third kappa shape index (κ3) is 3.20. The molecule has 0 aliphatic carbocycles. The average Bonchev–Trinajstić information content (AvgIpc) is 2.53. The van der Waals surface area contributed by atoms with Crippen LogP contribution in [0, 0.1) is 0 Å². The Hall–Kier alpha value is -2.39. The summed E-state index contributed by atoms with van der Waals surface area (Å²) in [5, 5.41) is -0.616. The number of carbonyl (C=O) groups is 2. The predicted octanol–water partition coefficient (Wildman–Crippen LogP) is 3.97. The molecule has 0 fully saturated rings. The molecule has 0 saturated heterocycles. The number of halogens is 1. The quantitative estimate of drug-likeness (QED) is 0.477. The van der Waals surface area contributed by atoms with Crippen LogP contribution in [0.15, 0.2) is 55.1 Å². The first-order chi connectivity index (χ1) is 10.0. The zero-order valence-electron chi connectivity index (χ0n) is 11.4. The van der Waals surface area contributed by atoms with Crippen molar-refractivity contribution < 1.29 is 14.3 Å². The molecule has 106 valence electrons. The Bertz CT molecular complexity index is 702. The standard InChI is InChI=1S/C17H13ClO3/c1-11(14-5-3-4-6-15(14)17(18)20)16(19)12-7-9-13(21-2)10-8-12/h3-10H,1H2,2H3. The first kappa shape index (κ1) is 15.0. The Morgan fingerprint density at radius 3 is 2.10 bits per heavy atom. The molecule has 0 heterocycles. The summed E-state index contributed by atoms with van der Waals surface area (Å²) in [6.07, 6.45) is 0. The third-order valence-electron chi connectivity index (χ3n) is 3.09. The van der Waals surface area contributed by atoms with E-state index in [1.165, 1.54) is 0 Å². The van der Waals surface area contributed by atoms with Crippen molar-refractivity contribution in [1.82, 2.24) is 0 Å². The normalized spacial score (nSPS) is 10.0. The fourth-order valence-electron chi connectivity index (χ4n) is 1.96. The van der Waals surface area contributed by atoms with Gasteiger partial charge in [-0.05, 0) is 47.5 Å². The number of benzene rings is 2. The monoisotopic (exact) mass is 300 g/mol. The van der Waals surface area contributed by atoms with E-state index in [9.17, 15) is 9.59 Å². The first-order valence-electron chi connectivity index (χ1n) is 6.21. The summed E-state index contributed by atoms with van der Waals surface area (Å²) in [6.45, 7) is 3.80. The van der Waals surface area contributed by atoms with Crippen LogP contribution in [-0.2, 0) is 0 Å². The lowest BCUT2D eigenvalue weighted by atomic mass is 9.95. The molecule has 0 aliphatic rings. The molecule has 0 aromatic heterocycles. The van der Waals surface area contributed by atoms with E-state index < -0.39 is 5.24 Å². The van der Waals surface area contributed by atoms with Gasteiger partial charge in [0.05, 0.1) is 7.11 Å². The lowest BCUT2D eigenvalue weighted by Gasteiger charge is -2.09. The van der Waals surface area contributed by atoms with Crippen LogP contribution < -0.4 is 4.74 Å². The van der Waals surface area contributed by atoms with Crippen LogP contribution in [0.1, 0.15) is 26.3 Å². The van der Waals surface area contributed by atoms with Crippen LogP contribution in [-0.4, -0.2) is 18.1 Å². The Labute approximate surface area is 127 Å². The molecule has 4 heteroatoms. The number of rotatable bonds is 5. The van der Waals surface area contributed by atoms with Gasteiger partial charge in [-0.2, -0.15) is 0 Å². The molecular weight excluding hydrogens is 288 g/mol. The second-order valence-electron chi connectivity index (χ2n) is 4.36. The van der Waals surface area contributed by atoms with Crippen molar-refractivity contribution in [1.29, 1.82) is 0 Å². The first-order valence-corrected chi connectivity index (χ1v) is 6.59. The number of hydrogen-bond donors (Lipinski definition) is 0. The van der Waals surface area contributed by atoms with Gasteiger partial charge in [-0.25, -0.2) is 0 Å². The highest BCUT2D eigenvalue weighted by atomic mass is 35.5. The Morgan fingerprint density at radius 2 is 1.57 bits per heavy atom. The van der Waals surface area contributed by atoms with E-state index in [4.69, 9.17) is 16.3 Å². The van der Waals surface area contributed by atoms with Crippen molar-refractivity contribution in [2.75, 3.05) is 7.11 Å². The van der Waals surface area contributed by atoms with Gasteiger partial charge in [0.15, 0.2) is 5.78 Å². The van der Waals surface area contributed by atoms with E-state index in [1.807, 2.05) is 0 Å². The Kier molecular flexibility index (Phi) is 4.55. The maximum absolute atomic E-state index is 12.4. The van der Waals surface area contributed by atoms with E-state index in [1.54, 1.807) is 55.6 Å². The molecule has 0 saturated carbocycles. The summed E-state index contributed by atoms with van der Waals surface area (Å²) in [5.41, 5.74) is 1.41. The SMILES string of the molecule is C=C(C(=O)c1ccc(OC)cc1)c1ccccc1C(=O)Cl. The highest BCUT2D eigenvalue weighted by Crippen LogP contribution is 2.24. The zero-order valence-corrected chi connectivity index (χ0v) is 12.2. The number of ether oxygens (including phenoxy) is 1. The lowest BCUT2D eigenvalue weighted by Crippen LogP contribution is -2.05. The molecule has 2 aromatic carbocycles. The van der Waals surface area contributed by atoms with Gasteiger partial charge in [-0.15, -0.1) is 0 Å². The third-order valence-corrected chi connectivity index (χ3v) is 3.29. The smallest absolute Gasteiger partial charge is 0.253 e. The summed E-state index contributed by atoms with van der Waals surface area (Å²) < 4.78 is 5.05. The molecule has 2 rings (SSSR count). The molecule has 3 nitrogen and oxygen atoms in total. The number of Topliss-reactive ketones (excluding diaryl/α,β-unsaturated/α-hetero) is 1. The van der Waals surface area contributed by atoms with Crippen molar-refractivity contribution in [3.63, 3.8) is 0 Å². The lowest BCUT2D eigenvalue weighted by molar-refractivity contribution is 0.105. The van der Waals surface area contributed by atoms with E-state index in [2.05, 4.69) is 6.58 Å². The number of methoxy groups -OCH3 is 1. The second kappa shape index (κ2) is 6.37. The molecule has 0 radical (unpaired) electrons. The largest absolute Gasteiger partial charge is 0.497 e. The predicted molar refractivity (Wildman–Crippen MR) is 83.0 cm³/mol. The number of ketones is 1. The van der Waals surface area contributed by atoms with Gasteiger partial charge in [0, 0.05) is 16.7 Å². The minimum absolute atomic E-state index is 0.227. The molecule has 21 heavy (non-hydrogen) atoms. The molecule has 0 N–H and O–H groups in total. The van der Waals surface area contributed by atoms with Crippen molar-refractivity contribution in [2.24, 2.45) is 0 Å². The fourth-order valence-corrected chi connectivity index (χ4v) is 2.12. The van der Waals surface area contributed by atoms with Gasteiger partial charge in [0.1, 0.15) is 5.75 Å². The topological polar surface area (TPSA) is 43.4 Å². The summed E-state index contributed by atoms with van der Waals surface area (Å²) in [7, 11) is 1.55. The van der Waals surface area contributed by atoms with Crippen molar-refractivity contribution >= 4 is 28.2 Å². The maximum Gasteiger partial charge on any atom is 0.253 e. The number of hydrogen-bond acceptors (Lipinski definition) is 3. The summed E-state index contributed by atoms with van der Waals surface area (Å²) in [6, 6.07) is 13.3.